The molecule has 0 aromatic rings. The Balaban J connectivity index is 1.04. The summed E-state index contributed by atoms with van der Waals surface area (Å²) in [5.74, 6) is -0.227. The van der Waals surface area contributed by atoms with Crippen molar-refractivity contribution in [3.05, 3.63) is 11.6 Å². The van der Waals surface area contributed by atoms with Crippen molar-refractivity contribution in [2.24, 2.45) is 50.2 Å². The fourth-order valence-electron chi connectivity index (χ4n) is 15.0. The van der Waals surface area contributed by atoms with E-state index < -0.39 is 135 Å². The number of carbonyl (C=O) groups excluding carboxylic acids is 1. The average Bonchev–Trinajstić information content (AvgIpc) is 3.27. The maximum Gasteiger partial charge on any atom is 0.315 e. The van der Waals surface area contributed by atoms with E-state index in [-0.39, 0.29) is 39.4 Å². The summed E-state index contributed by atoms with van der Waals surface area (Å²) in [7, 11) is 0. The number of carbonyl (C=O) groups is 1. The molecule has 4 saturated carbocycles. The topological polar surface area (TPSA) is 295 Å². The number of aliphatic hydroxyl groups is 11. The van der Waals surface area contributed by atoms with Crippen LogP contribution in [0.4, 0.5) is 0 Å². The van der Waals surface area contributed by atoms with Gasteiger partial charge in [-0.05, 0) is 109 Å². The first-order chi connectivity index (χ1) is 30.9. The maximum absolute atomic E-state index is 14.7. The molecule has 0 bridgehead atoms. The molecule has 7 fully saturated rings. The van der Waals surface area contributed by atoms with Crippen molar-refractivity contribution in [1.82, 2.24) is 0 Å². The Labute approximate surface area is 387 Å². The largest absolute Gasteiger partial charge is 0.432 e. The Morgan fingerprint density at radius 3 is 1.76 bits per heavy atom. The number of aliphatic hydroxyl groups excluding tert-OH is 11. The van der Waals surface area contributed by atoms with Crippen LogP contribution in [0, 0.1) is 50.2 Å². The predicted molar refractivity (Wildman–Crippen MR) is 230 cm³/mol. The number of ether oxygens (including phenoxy) is 6. The van der Waals surface area contributed by atoms with Crippen LogP contribution in [-0.4, -0.2) is 180 Å². The van der Waals surface area contributed by atoms with Gasteiger partial charge in [0.2, 0.25) is 6.29 Å². The molecular weight excluding hydrogens is 865 g/mol. The van der Waals surface area contributed by atoms with E-state index in [1.165, 1.54) is 5.57 Å². The van der Waals surface area contributed by atoms with Gasteiger partial charge in [0.15, 0.2) is 12.6 Å². The molecule has 0 aromatic carbocycles. The van der Waals surface area contributed by atoms with Crippen LogP contribution >= 0.6 is 0 Å². The van der Waals surface area contributed by atoms with Gasteiger partial charge >= 0.3 is 5.97 Å². The van der Waals surface area contributed by atoms with Gasteiger partial charge in [0.25, 0.3) is 0 Å². The van der Waals surface area contributed by atoms with Crippen LogP contribution < -0.4 is 0 Å². The molecule has 11 N–H and O–H groups in total. The van der Waals surface area contributed by atoms with Crippen LogP contribution in [0.25, 0.3) is 0 Å². The zero-order valence-electron chi connectivity index (χ0n) is 39.5. The van der Waals surface area contributed by atoms with Crippen LogP contribution in [0.5, 0.6) is 0 Å². The van der Waals surface area contributed by atoms with Gasteiger partial charge in [-0.25, -0.2) is 0 Å². The summed E-state index contributed by atoms with van der Waals surface area (Å²) in [6.45, 7) is 14.1. The van der Waals surface area contributed by atoms with E-state index in [0.29, 0.717) is 19.3 Å². The van der Waals surface area contributed by atoms with Crippen molar-refractivity contribution in [2.45, 2.75) is 211 Å². The van der Waals surface area contributed by atoms with Gasteiger partial charge < -0.3 is 84.6 Å². The molecule has 18 heteroatoms. The minimum Gasteiger partial charge on any atom is -0.432 e. The Morgan fingerprint density at radius 1 is 0.606 bits per heavy atom. The highest BCUT2D eigenvalue weighted by atomic mass is 16.8. The summed E-state index contributed by atoms with van der Waals surface area (Å²) < 4.78 is 36.2. The zero-order chi connectivity index (χ0) is 48.3. The van der Waals surface area contributed by atoms with Gasteiger partial charge in [0, 0.05) is 0 Å². The molecule has 378 valence electrons. The van der Waals surface area contributed by atoms with Crippen LogP contribution in [0.1, 0.15) is 113 Å². The first-order valence-corrected chi connectivity index (χ1v) is 24.3. The number of esters is 1. The maximum atomic E-state index is 14.7. The average molecular weight is 943 g/mol. The number of hydrogen-bond donors (Lipinski definition) is 11. The quantitative estimate of drug-likeness (QED) is 0.0833. The smallest absolute Gasteiger partial charge is 0.315 e. The predicted octanol–water partition coefficient (Wildman–Crippen LogP) is 0.141. The number of rotatable bonds is 9. The fourth-order valence-corrected chi connectivity index (χ4v) is 15.0. The summed E-state index contributed by atoms with van der Waals surface area (Å²) in [6.07, 6.45) is -13.8. The van der Waals surface area contributed by atoms with E-state index in [1.807, 2.05) is 0 Å². The SMILES string of the molecule is CC1(C)CC[C@]2(C(=O)O[C@@H]3O[C@H](CO)[C@@H](O)[C@H](O)[C@H]3O)CC[C@]3(C)C(=CCC4[C@@]5(C)CCC(O[C@H]6O[C@H](CO)[C@H](O)[C@H](O)[C@H]6O[C@@H]6O[C@H](CO)[C@@H](O)[C@H](O)[C@H]6O)C(C)(C)C5CC[C@]43C)C2C1. The second-order valence-electron chi connectivity index (χ2n) is 23.5. The molecule has 0 amide bonds. The molecular formula is C48H78O18. The molecule has 18 nitrogen and oxygen atoms in total. The zero-order valence-corrected chi connectivity index (χ0v) is 39.5. The van der Waals surface area contributed by atoms with E-state index >= 15 is 0 Å². The van der Waals surface area contributed by atoms with Gasteiger partial charge in [-0.2, -0.15) is 0 Å². The lowest BCUT2D eigenvalue weighted by Crippen LogP contribution is -2.67. The van der Waals surface area contributed by atoms with Gasteiger partial charge in [0.05, 0.1) is 31.3 Å². The van der Waals surface area contributed by atoms with Crippen molar-refractivity contribution < 1.29 is 89.4 Å². The van der Waals surface area contributed by atoms with E-state index in [0.717, 1.165) is 44.9 Å². The van der Waals surface area contributed by atoms with Crippen molar-refractivity contribution >= 4 is 5.97 Å². The lowest BCUT2D eigenvalue weighted by Gasteiger charge is -2.71. The molecule has 23 atom stereocenters. The first kappa shape index (κ1) is 50.9. The molecule has 4 unspecified atom stereocenters. The molecule has 8 rings (SSSR count). The van der Waals surface area contributed by atoms with Gasteiger partial charge in [-0.3, -0.25) is 4.79 Å². The number of allylic oxidation sites excluding steroid dienone is 2. The van der Waals surface area contributed by atoms with Crippen molar-refractivity contribution in [3.63, 3.8) is 0 Å². The third-order valence-corrected chi connectivity index (χ3v) is 19.3. The van der Waals surface area contributed by atoms with Crippen LogP contribution in [-0.2, 0) is 33.2 Å². The van der Waals surface area contributed by atoms with Crippen molar-refractivity contribution in [3.8, 4) is 0 Å². The minimum atomic E-state index is -1.78. The summed E-state index contributed by atoms with van der Waals surface area (Å²) >= 11 is 0. The monoisotopic (exact) mass is 943 g/mol. The molecule has 8 aliphatic rings. The third-order valence-electron chi connectivity index (χ3n) is 19.3. The summed E-state index contributed by atoms with van der Waals surface area (Å²) in [5, 5.41) is 115. The molecule has 3 heterocycles. The molecule has 0 spiro atoms. The lowest BCUT2D eigenvalue weighted by molar-refractivity contribution is -0.378. The molecule has 5 aliphatic carbocycles. The number of hydrogen-bond acceptors (Lipinski definition) is 18. The van der Waals surface area contributed by atoms with Crippen molar-refractivity contribution in [2.75, 3.05) is 19.8 Å². The molecule has 0 radical (unpaired) electrons. The van der Waals surface area contributed by atoms with Crippen LogP contribution in [0.3, 0.4) is 0 Å². The Hall–Kier alpha value is -1.43. The number of fused-ring (bicyclic) bond motifs is 7. The van der Waals surface area contributed by atoms with Gasteiger partial charge in [-0.15, -0.1) is 0 Å². The first-order valence-electron chi connectivity index (χ1n) is 24.3. The fraction of sp³-hybridized carbons (Fsp3) is 0.938. The Kier molecular flexibility index (Phi) is 13.9. The molecule has 3 saturated heterocycles. The standard InChI is InChI=1S/C48H78O18/c1-43(2)14-16-48(42(60)66-40-37(59)34(56)31(53)25(20-50)62-40)17-15-46(6)22(23(48)18-43)8-9-28-45(5)12-11-29(44(3,4)27(45)10-13-47(28,46)7)64-41-38(35(57)32(54)26(21-51)63-41)65-39-36(58)33(55)30(52)24(19-49)61-39/h8,23-41,49-59H,9-21H2,1-7H3/t23?,24-,25-,26-,27?,28?,29?,30-,31-,32+,33+,34+,35+,36-,37-,38-,39+,40+,41-,45+,46-,47-,48+/m1/s1. The normalized spacial score (nSPS) is 53.3. The Morgan fingerprint density at radius 2 is 1.15 bits per heavy atom. The van der Waals surface area contributed by atoms with Crippen LogP contribution in [0.2, 0.25) is 0 Å². The van der Waals surface area contributed by atoms with E-state index in [2.05, 4.69) is 54.5 Å². The second-order valence-corrected chi connectivity index (χ2v) is 23.5. The van der Waals surface area contributed by atoms with E-state index in [9.17, 15) is 61.0 Å². The minimum absolute atomic E-state index is 0.0628. The lowest BCUT2D eigenvalue weighted by atomic mass is 9.33. The second kappa shape index (κ2) is 18.0. The molecule has 0 aromatic heterocycles. The highest BCUT2D eigenvalue weighted by Crippen LogP contribution is 2.76. The van der Waals surface area contributed by atoms with Gasteiger partial charge in [-0.1, -0.05) is 60.1 Å². The van der Waals surface area contributed by atoms with E-state index in [4.69, 9.17) is 28.4 Å². The highest BCUT2D eigenvalue weighted by Gasteiger charge is 2.70. The van der Waals surface area contributed by atoms with Crippen molar-refractivity contribution in [1.29, 1.82) is 0 Å². The summed E-state index contributed by atoms with van der Waals surface area (Å²) in [4.78, 5) is 14.7. The van der Waals surface area contributed by atoms with Gasteiger partial charge in [0.1, 0.15) is 73.2 Å². The molecule has 66 heavy (non-hydrogen) atoms. The third kappa shape index (κ3) is 7.87. The van der Waals surface area contributed by atoms with Crippen LogP contribution in [0.15, 0.2) is 11.6 Å². The highest BCUT2D eigenvalue weighted by molar-refractivity contribution is 5.79. The summed E-state index contributed by atoms with van der Waals surface area (Å²) in [6, 6.07) is 0. The molecule has 3 aliphatic heterocycles. The Bertz CT molecular complexity index is 1790. The summed E-state index contributed by atoms with van der Waals surface area (Å²) in [5.41, 5.74) is -0.746. The van der Waals surface area contributed by atoms with E-state index in [1.54, 1.807) is 0 Å².